The highest BCUT2D eigenvalue weighted by atomic mass is 35.5. The summed E-state index contributed by atoms with van der Waals surface area (Å²) in [4.78, 5) is 20.8. The maximum absolute atomic E-state index is 12.3. The highest BCUT2D eigenvalue weighted by molar-refractivity contribution is 7.14. The van der Waals surface area contributed by atoms with Gasteiger partial charge in [-0.05, 0) is 49.7 Å². The lowest BCUT2D eigenvalue weighted by atomic mass is 10.2. The number of carbonyl (C=O) groups is 1. The third kappa shape index (κ3) is 4.35. The molecule has 0 aliphatic rings. The molecule has 2 heterocycles. The van der Waals surface area contributed by atoms with Gasteiger partial charge in [-0.2, -0.15) is 0 Å². The summed E-state index contributed by atoms with van der Waals surface area (Å²) < 4.78 is 5.72. The fourth-order valence-corrected chi connectivity index (χ4v) is 3.12. The van der Waals surface area contributed by atoms with Crippen LogP contribution in [0.2, 0.25) is 5.02 Å². The van der Waals surface area contributed by atoms with Gasteiger partial charge in [-0.1, -0.05) is 11.6 Å². The van der Waals surface area contributed by atoms with Crippen molar-refractivity contribution in [3.8, 4) is 17.0 Å². The zero-order valence-corrected chi connectivity index (χ0v) is 15.3. The van der Waals surface area contributed by atoms with Crippen LogP contribution in [0.5, 0.6) is 5.75 Å². The average molecular weight is 374 g/mol. The van der Waals surface area contributed by atoms with Crippen LogP contribution in [0.1, 0.15) is 12.5 Å². The Morgan fingerprint density at radius 2 is 2.20 bits per heavy atom. The molecule has 0 spiro atoms. The molecule has 0 fully saturated rings. The van der Waals surface area contributed by atoms with Gasteiger partial charge in [0, 0.05) is 28.4 Å². The summed E-state index contributed by atoms with van der Waals surface area (Å²) in [5.74, 6) is 0.365. The first kappa shape index (κ1) is 17.4. The molecule has 0 aliphatic heterocycles. The number of amides is 1. The number of nitrogens with zero attached hydrogens (tertiary/aromatic N) is 2. The zero-order chi connectivity index (χ0) is 17.8. The van der Waals surface area contributed by atoms with Crippen LogP contribution in [0.4, 0.5) is 5.13 Å². The minimum Gasteiger partial charge on any atom is -0.481 e. The second-order valence-corrected chi connectivity index (χ2v) is 6.73. The van der Waals surface area contributed by atoms with E-state index in [9.17, 15) is 4.79 Å². The molecule has 3 rings (SSSR count). The van der Waals surface area contributed by atoms with Crippen LogP contribution in [-0.4, -0.2) is 22.0 Å². The van der Waals surface area contributed by atoms with E-state index >= 15 is 0 Å². The Balaban J connectivity index is 1.65. The van der Waals surface area contributed by atoms with Crippen molar-refractivity contribution in [2.75, 3.05) is 5.32 Å². The van der Waals surface area contributed by atoms with E-state index in [4.69, 9.17) is 16.3 Å². The van der Waals surface area contributed by atoms with Gasteiger partial charge in [0.2, 0.25) is 0 Å². The number of ether oxygens (including phenoxy) is 1. The third-order valence-corrected chi connectivity index (χ3v) is 4.49. The molecule has 0 radical (unpaired) electrons. The van der Waals surface area contributed by atoms with Crippen LogP contribution < -0.4 is 10.1 Å². The number of rotatable bonds is 5. The number of halogens is 1. The van der Waals surface area contributed by atoms with E-state index in [1.165, 1.54) is 11.3 Å². The Morgan fingerprint density at radius 1 is 1.36 bits per heavy atom. The fourth-order valence-electron chi connectivity index (χ4n) is 2.17. The molecule has 2 aromatic heterocycles. The first-order valence-electron chi connectivity index (χ1n) is 7.62. The Kier molecular flexibility index (Phi) is 5.31. The molecule has 5 nitrogen and oxygen atoms in total. The van der Waals surface area contributed by atoms with Gasteiger partial charge in [0.15, 0.2) is 11.2 Å². The van der Waals surface area contributed by atoms with E-state index in [1.807, 2.05) is 24.4 Å². The second kappa shape index (κ2) is 7.63. The number of anilines is 1. The van der Waals surface area contributed by atoms with Gasteiger partial charge in [-0.25, -0.2) is 4.98 Å². The maximum atomic E-state index is 12.3. The van der Waals surface area contributed by atoms with Crippen molar-refractivity contribution in [1.82, 2.24) is 9.97 Å². The minimum absolute atomic E-state index is 0.263. The fraction of sp³-hybridized carbons (Fsp3) is 0.167. The van der Waals surface area contributed by atoms with E-state index in [-0.39, 0.29) is 5.91 Å². The van der Waals surface area contributed by atoms with Crippen LogP contribution in [0.3, 0.4) is 0 Å². The quantitative estimate of drug-likeness (QED) is 0.711. The van der Waals surface area contributed by atoms with Gasteiger partial charge in [0.1, 0.15) is 5.75 Å². The van der Waals surface area contributed by atoms with Crippen LogP contribution in [0, 0.1) is 6.92 Å². The monoisotopic (exact) mass is 373 g/mol. The van der Waals surface area contributed by atoms with Crippen LogP contribution >= 0.6 is 22.9 Å². The van der Waals surface area contributed by atoms with Gasteiger partial charge in [0.05, 0.1) is 5.69 Å². The minimum atomic E-state index is -0.661. The molecular weight excluding hydrogens is 358 g/mol. The van der Waals surface area contributed by atoms with E-state index < -0.39 is 6.10 Å². The first-order chi connectivity index (χ1) is 12.0. The molecule has 7 heteroatoms. The molecule has 0 saturated heterocycles. The molecule has 128 valence electrons. The molecule has 0 saturated carbocycles. The SMILES string of the molecule is Cc1cc(Cl)ccc1O[C@@H](C)C(=O)Nc1nc(-c2cccnc2)cs1. The largest absolute Gasteiger partial charge is 0.481 e. The molecule has 1 aromatic carbocycles. The summed E-state index contributed by atoms with van der Waals surface area (Å²) in [7, 11) is 0. The van der Waals surface area contributed by atoms with Crippen molar-refractivity contribution in [2.45, 2.75) is 20.0 Å². The topological polar surface area (TPSA) is 64.1 Å². The van der Waals surface area contributed by atoms with Crippen molar-refractivity contribution in [1.29, 1.82) is 0 Å². The Bertz CT molecular complexity index is 883. The summed E-state index contributed by atoms with van der Waals surface area (Å²) in [5.41, 5.74) is 2.55. The van der Waals surface area contributed by atoms with E-state index in [2.05, 4.69) is 15.3 Å². The average Bonchev–Trinajstić information content (AvgIpc) is 3.06. The van der Waals surface area contributed by atoms with Gasteiger partial charge in [-0.3, -0.25) is 15.1 Å². The molecule has 0 bridgehead atoms. The lowest BCUT2D eigenvalue weighted by Crippen LogP contribution is -2.30. The number of benzene rings is 1. The standard InChI is InChI=1S/C18H16ClN3O2S/c1-11-8-14(19)5-6-16(11)24-12(2)17(23)22-18-21-15(10-25-18)13-4-3-7-20-9-13/h3-10,12H,1-2H3,(H,21,22,23)/t12-/m0/s1. The molecule has 1 N–H and O–H groups in total. The number of hydrogen-bond donors (Lipinski definition) is 1. The maximum Gasteiger partial charge on any atom is 0.266 e. The Morgan fingerprint density at radius 3 is 2.92 bits per heavy atom. The first-order valence-corrected chi connectivity index (χ1v) is 8.88. The molecule has 0 unspecified atom stereocenters. The highest BCUT2D eigenvalue weighted by Gasteiger charge is 2.17. The number of aryl methyl sites for hydroxylation is 1. The van der Waals surface area contributed by atoms with E-state index in [0.29, 0.717) is 15.9 Å². The van der Waals surface area contributed by atoms with Crippen molar-refractivity contribution >= 4 is 34.0 Å². The van der Waals surface area contributed by atoms with Crippen molar-refractivity contribution in [2.24, 2.45) is 0 Å². The number of pyridine rings is 1. The van der Waals surface area contributed by atoms with Crippen molar-refractivity contribution < 1.29 is 9.53 Å². The smallest absolute Gasteiger partial charge is 0.266 e. The van der Waals surface area contributed by atoms with Gasteiger partial charge < -0.3 is 4.74 Å². The van der Waals surface area contributed by atoms with Gasteiger partial charge >= 0.3 is 0 Å². The molecule has 25 heavy (non-hydrogen) atoms. The van der Waals surface area contributed by atoms with Crippen molar-refractivity contribution in [3.05, 3.63) is 58.7 Å². The van der Waals surface area contributed by atoms with E-state index in [1.54, 1.807) is 37.5 Å². The normalized spacial score (nSPS) is 11.8. The lowest BCUT2D eigenvalue weighted by Gasteiger charge is -2.15. The van der Waals surface area contributed by atoms with Gasteiger partial charge in [-0.15, -0.1) is 11.3 Å². The molecule has 1 amide bonds. The Labute approximate surface area is 154 Å². The molecule has 0 aliphatic carbocycles. The molecule has 3 aromatic rings. The number of aromatic nitrogens is 2. The van der Waals surface area contributed by atoms with E-state index in [0.717, 1.165) is 16.8 Å². The number of thiazole rings is 1. The Hall–Kier alpha value is -2.44. The van der Waals surface area contributed by atoms with Crippen molar-refractivity contribution in [3.63, 3.8) is 0 Å². The second-order valence-electron chi connectivity index (χ2n) is 5.44. The summed E-state index contributed by atoms with van der Waals surface area (Å²) >= 11 is 7.29. The summed E-state index contributed by atoms with van der Waals surface area (Å²) in [6.07, 6.45) is 2.78. The lowest BCUT2D eigenvalue weighted by molar-refractivity contribution is -0.122. The number of hydrogen-bond acceptors (Lipinski definition) is 5. The zero-order valence-electron chi connectivity index (χ0n) is 13.7. The summed E-state index contributed by atoms with van der Waals surface area (Å²) in [5, 5.41) is 5.81. The third-order valence-electron chi connectivity index (χ3n) is 3.50. The molecular formula is C18H16ClN3O2S. The van der Waals surface area contributed by atoms with Crippen LogP contribution in [-0.2, 0) is 4.79 Å². The molecule has 1 atom stereocenters. The van der Waals surface area contributed by atoms with Crippen LogP contribution in [0.25, 0.3) is 11.3 Å². The van der Waals surface area contributed by atoms with Gasteiger partial charge in [0.25, 0.3) is 5.91 Å². The van der Waals surface area contributed by atoms with Crippen LogP contribution in [0.15, 0.2) is 48.1 Å². The summed E-state index contributed by atoms with van der Waals surface area (Å²) in [6.45, 7) is 3.58. The predicted octanol–water partition coefficient (Wildman–Crippen LogP) is 4.57. The summed E-state index contributed by atoms with van der Waals surface area (Å²) in [6, 6.07) is 9.05. The predicted molar refractivity (Wildman–Crippen MR) is 100 cm³/mol. The number of carbonyl (C=O) groups excluding carboxylic acids is 1. The highest BCUT2D eigenvalue weighted by Crippen LogP contribution is 2.25. The number of nitrogens with one attached hydrogen (secondary N) is 1.